The van der Waals surface area contributed by atoms with Crippen LogP contribution in [0.2, 0.25) is 0 Å². The normalized spacial score (nSPS) is 10.8. The highest BCUT2D eigenvalue weighted by atomic mass is 16.5. The summed E-state index contributed by atoms with van der Waals surface area (Å²) in [5, 5.41) is 10.3. The lowest BCUT2D eigenvalue weighted by molar-refractivity contribution is 0.433. The van der Waals surface area contributed by atoms with E-state index in [1.165, 1.54) is 0 Å². The molecule has 0 saturated carbocycles. The molecule has 0 spiro atoms. The molecule has 5 heteroatoms. The predicted molar refractivity (Wildman–Crippen MR) is 121 cm³/mol. The number of benzene rings is 4. The van der Waals surface area contributed by atoms with E-state index in [4.69, 9.17) is 9.64 Å². The first-order valence-corrected chi connectivity index (χ1v) is 9.82. The molecule has 1 N–H and O–H groups in total. The second kappa shape index (κ2) is 7.89. The van der Waals surface area contributed by atoms with Crippen LogP contribution in [0.5, 0.6) is 5.75 Å². The third kappa shape index (κ3) is 3.47. The van der Waals surface area contributed by atoms with Crippen LogP contribution in [0.1, 0.15) is 0 Å². The van der Waals surface area contributed by atoms with Gasteiger partial charge in [0.2, 0.25) is 0 Å². The molecule has 144 valence electrons. The smallest absolute Gasteiger partial charge is 0.532 e. The van der Waals surface area contributed by atoms with Crippen molar-refractivity contribution in [2.75, 3.05) is 0 Å². The molecular weight excluding hydrogens is 371 g/mol. The van der Waals surface area contributed by atoms with Gasteiger partial charge in [-0.3, -0.25) is 4.57 Å². The summed E-state index contributed by atoms with van der Waals surface area (Å²) in [6.07, 6.45) is 0. The molecule has 5 aromatic rings. The van der Waals surface area contributed by atoms with E-state index in [2.05, 4.69) is 22.8 Å². The summed E-state index contributed by atoms with van der Waals surface area (Å²) in [4.78, 5) is 4.87. The Bertz CT molecular complexity index is 1270. The Morgan fingerprint density at radius 1 is 0.700 bits per heavy atom. The minimum Gasteiger partial charge on any atom is -0.532 e. The molecular formula is C25H19BN2O2. The van der Waals surface area contributed by atoms with Crippen molar-refractivity contribution >= 4 is 23.6 Å². The molecule has 0 amide bonds. The topological polar surface area (TPSA) is 47.3 Å². The number of hydrogen-bond acceptors (Lipinski definition) is 3. The minimum absolute atomic E-state index is 0.595. The van der Waals surface area contributed by atoms with Crippen LogP contribution in [0, 0.1) is 0 Å². The maximum Gasteiger partial charge on any atom is 0.560 e. The summed E-state index contributed by atoms with van der Waals surface area (Å²) >= 11 is 0. The molecule has 4 nitrogen and oxygen atoms in total. The van der Waals surface area contributed by atoms with Gasteiger partial charge in [0.1, 0.15) is 11.6 Å². The molecule has 0 saturated heterocycles. The maximum atomic E-state index is 10.3. The second-order valence-electron chi connectivity index (χ2n) is 7.00. The summed E-state index contributed by atoms with van der Waals surface area (Å²) in [7, 11) is -1.01. The zero-order valence-electron chi connectivity index (χ0n) is 16.2. The van der Waals surface area contributed by atoms with Crippen LogP contribution in [0.3, 0.4) is 0 Å². The Morgan fingerprint density at radius 2 is 1.33 bits per heavy atom. The lowest BCUT2D eigenvalue weighted by atomic mass is 9.79. The predicted octanol–water partition coefficient (Wildman–Crippen LogP) is 4.46. The van der Waals surface area contributed by atoms with Gasteiger partial charge in [0.05, 0.1) is 11.0 Å². The summed E-state index contributed by atoms with van der Waals surface area (Å²) < 4.78 is 7.85. The molecule has 4 aromatic carbocycles. The Hall–Kier alpha value is -3.83. The summed E-state index contributed by atoms with van der Waals surface area (Å²) in [5.41, 5.74) is 4.74. The summed E-state index contributed by atoms with van der Waals surface area (Å²) in [5.74, 6) is 1.45. The molecule has 0 atom stereocenters. The first-order chi connectivity index (χ1) is 14.8. The summed E-state index contributed by atoms with van der Waals surface area (Å²) in [6, 6.07) is 35.3. The van der Waals surface area contributed by atoms with Gasteiger partial charge in [0.15, 0.2) is 0 Å². The molecule has 0 aliphatic heterocycles. The number of rotatable bonds is 5. The van der Waals surface area contributed by atoms with Crippen molar-refractivity contribution in [3.63, 3.8) is 0 Å². The first kappa shape index (κ1) is 18.2. The van der Waals surface area contributed by atoms with Gasteiger partial charge in [-0.2, -0.15) is 0 Å². The van der Waals surface area contributed by atoms with Crippen molar-refractivity contribution in [2.24, 2.45) is 0 Å². The van der Waals surface area contributed by atoms with Gasteiger partial charge in [-0.1, -0.05) is 60.7 Å². The number of hydrogen-bond donors (Lipinski definition) is 1. The van der Waals surface area contributed by atoms with Gasteiger partial charge in [0.25, 0.3) is 0 Å². The van der Waals surface area contributed by atoms with Crippen molar-refractivity contribution in [2.45, 2.75) is 0 Å². The van der Waals surface area contributed by atoms with Crippen LogP contribution in [-0.2, 0) is 0 Å². The zero-order chi connectivity index (χ0) is 20.3. The molecule has 0 fully saturated rings. The largest absolute Gasteiger partial charge is 0.560 e. The van der Waals surface area contributed by atoms with Crippen molar-refractivity contribution in [1.82, 2.24) is 9.55 Å². The van der Waals surface area contributed by atoms with Crippen LogP contribution in [0.25, 0.3) is 28.1 Å². The average molecular weight is 390 g/mol. The fraction of sp³-hybridized carbons (Fsp3) is 0. The van der Waals surface area contributed by atoms with Gasteiger partial charge in [-0.25, -0.2) is 4.98 Å². The number of para-hydroxylation sites is 3. The van der Waals surface area contributed by atoms with E-state index < -0.39 is 7.12 Å². The number of fused-ring (bicyclic) bond motifs is 1. The minimum atomic E-state index is -1.01. The summed E-state index contributed by atoms with van der Waals surface area (Å²) in [6.45, 7) is 0. The number of imidazole rings is 1. The van der Waals surface area contributed by atoms with Gasteiger partial charge in [-0.05, 0) is 54.0 Å². The third-order valence-electron chi connectivity index (χ3n) is 5.02. The lowest BCUT2D eigenvalue weighted by Gasteiger charge is -2.12. The fourth-order valence-corrected chi connectivity index (χ4v) is 3.56. The van der Waals surface area contributed by atoms with Crippen LogP contribution in [-0.4, -0.2) is 21.7 Å². The number of aromatic nitrogens is 2. The molecule has 0 radical (unpaired) electrons. The number of nitrogens with zero attached hydrogens (tertiary/aromatic N) is 2. The maximum absolute atomic E-state index is 10.3. The molecule has 0 unspecified atom stereocenters. The van der Waals surface area contributed by atoms with Crippen molar-refractivity contribution in [3.05, 3.63) is 109 Å². The van der Waals surface area contributed by atoms with Gasteiger partial charge >= 0.3 is 7.12 Å². The molecule has 0 bridgehead atoms. The standard InChI is InChI=1S/C25H19BN2O2/c29-26(20-9-3-1-4-10-20)30-22-17-15-19(16-18-22)25-27-23-13-7-8-14-24(23)28(25)21-11-5-2-6-12-21/h1-18,29H. The van der Waals surface area contributed by atoms with Crippen LogP contribution in [0.4, 0.5) is 0 Å². The third-order valence-corrected chi connectivity index (χ3v) is 5.02. The van der Waals surface area contributed by atoms with Gasteiger partial charge < -0.3 is 9.68 Å². The Morgan fingerprint density at radius 3 is 2.07 bits per heavy atom. The van der Waals surface area contributed by atoms with Crippen molar-refractivity contribution in [1.29, 1.82) is 0 Å². The van der Waals surface area contributed by atoms with Gasteiger partial charge in [-0.15, -0.1) is 0 Å². The van der Waals surface area contributed by atoms with Gasteiger partial charge in [0, 0.05) is 11.3 Å². The highest BCUT2D eigenvalue weighted by Gasteiger charge is 2.19. The van der Waals surface area contributed by atoms with E-state index in [0.29, 0.717) is 11.2 Å². The van der Waals surface area contributed by atoms with Crippen LogP contribution < -0.4 is 10.1 Å². The highest BCUT2D eigenvalue weighted by molar-refractivity contribution is 6.60. The molecule has 1 heterocycles. The van der Waals surface area contributed by atoms with E-state index in [0.717, 1.165) is 28.1 Å². The lowest BCUT2D eigenvalue weighted by Crippen LogP contribution is -2.36. The van der Waals surface area contributed by atoms with Crippen LogP contribution >= 0.6 is 0 Å². The van der Waals surface area contributed by atoms with E-state index in [9.17, 15) is 5.02 Å². The molecule has 0 aliphatic rings. The molecule has 5 rings (SSSR count). The van der Waals surface area contributed by atoms with E-state index in [1.807, 2.05) is 91.0 Å². The molecule has 1 aromatic heterocycles. The van der Waals surface area contributed by atoms with E-state index >= 15 is 0 Å². The zero-order valence-corrected chi connectivity index (χ0v) is 16.2. The molecule has 0 aliphatic carbocycles. The Labute approximate surface area is 175 Å². The molecule has 30 heavy (non-hydrogen) atoms. The Kier molecular flexibility index (Phi) is 4.79. The second-order valence-corrected chi connectivity index (χ2v) is 7.00. The quantitative estimate of drug-likeness (QED) is 0.451. The monoisotopic (exact) mass is 390 g/mol. The first-order valence-electron chi connectivity index (χ1n) is 9.82. The van der Waals surface area contributed by atoms with Crippen molar-refractivity contribution < 1.29 is 9.68 Å². The van der Waals surface area contributed by atoms with E-state index in [-0.39, 0.29) is 0 Å². The van der Waals surface area contributed by atoms with E-state index in [1.54, 1.807) is 0 Å². The fourth-order valence-electron chi connectivity index (χ4n) is 3.56. The van der Waals surface area contributed by atoms with Crippen molar-refractivity contribution in [3.8, 4) is 22.8 Å². The average Bonchev–Trinajstić information content (AvgIpc) is 3.20. The van der Waals surface area contributed by atoms with Crippen LogP contribution in [0.15, 0.2) is 109 Å². The Balaban J connectivity index is 1.50. The highest BCUT2D eigenvalue weighted by Crippen LogP contribution is 2.29. The SMILES string of the molecule is OB(Oc1ccc(-c2nc3ccccc3n2-c2ccccc2)cc1)c1ccccc1.